The average Bonchev–Trinajstić information content (AvgIpc) is 2.71. The van der Waals surface area contributed by atoms with Crippen LogP contribution >= 0.6 is 12.2 Å². The Morgan fingerprint density at radius 1 is 1.47 bits per heavy atom. The van der Waals surface area contributed by atoms with Crippen molar-refractivity contribution in [1.82, 2.24) is 20.4 Å². The molecule has 0 radical (unpaired) electrons. The van der Waals surface area contributed by atoms with Crippen LogP contribution in [0.5, 0.6) is 0 Å². The molecule has 0 fully saturated rings. The number of hydrogen-bond donors (Lipinski definition) is 2. The van der Waals surface area contributed by atoms with E-state index in [9.17, 15) is 0 Å². The van der Waals surface area contributed by atoms with E-state index in [2.05, 4.69) is 22.7 Å². The van der Waals surface area contributed by atoms with E-state index in [0.717, 1.165) is 26.1 Å². The van der Waals surface area contributed by atoms with Crippen molar-refractivity contribution in [1.29, 1.82) is 0 Å². The molecule has 1 aromatic heterocycles. The van der Waals surface area contributed by atoms with Crippen LogP contribution < -0.4 is 10.6 Å². The molecule has 1 rings (SSSR count). The van der Waals surface area contributed by atoms with E-state index in [0.29, 0.717) is 11.7 Å². The SMILES string of the molecule is COCCNC(=S)NCCCn1nccc1C. The van der Waals surface area contributed by atoms with Gasteiger partial charge in [-0.25, -0.2) is 0 Å². The predicted molar refractivity (Wildman–Crippen MR) is 72.1 cm³/mol. The second kappa shape index (κ2) is 8.03. The van der Waals surface area contributed by atoms with Gasteiger partial charge in [0.05, 0.1) is 6.61 Å². The third-order valence-electron chi connectivity index (χ3n) is 2.35. The van der Waals surface area contributed by atoms with E-state index >= 15 is 0 Å². The first-order valence-electron chi connectivity index (χ1n) is 5.73. The summed E-state index contributed by atoms with van der Waals surface area (Å²) in [4.78, 5) is 0. The predicted octanol–water partition coefficient (Wildman–Crippen LogP) is 0.692. The van der Waals surface area contributed by atoms with Crippen molar-refractivity contribution in [3.63, 3.8) is 0 Å². The Balaban J connectivity index is 2.04. The minimum absolute atomic E-state index is 0.661. The molecule has 5 nitrogen and oxygen atoms in total. The van der Waals surface area contributed by atoms with Crippen molar-refractivity contribution in [3.05, 3.63) is 18.0 Å². The van der Waals surface area contributed by atoms with Crippen molar-refractivity contribution in [2.75, 3.05) is 26.8 Å². The Labute approximate surface area is 108 Å². The van der Waals surface area contributed by atoms with Gasteiger partial charge in [0.25, 0.3) is 0 Å². The summed E-state index contributed by atoms with van der Waals surface area (Å²) in [6.45, 7) is 5.21. The van der Waals surface area contributed by atoms with Gasteiger partial charge in [-0.3, -0.25) is 4.68 Å². The molecule has 96 valence electrons. The van der Waals surface area contributed by atoms with Crippen LogP contribution in [-0.2, 0) is 11.3 Å². The second-order valence-corrected chi connectivity index (χ2v) is 4.13. The zero-order chi connectivity index (χ0) is 12.5. The summed E-state index contributed by atoms with van der Waals surface area (Å²) in [5, 5.41) is 11.1. The van der Waals surface area contributed by atoms with Gasteiger partial charge in [-0.15, -0.1) is 0 Å². The molecule has 0 aliphatic rings. The molecule has 0 aliphatic carbocycles. The van der Waals surface area contributed by atoms with Gasteiger partial charge >= 0.3 is 0 Å². The lowest BCUT2D eigenvalue weighted by Crippen LogP contribution is -2.37. The highest BCUT2D eigenvalue weighted by molar-refractivity contribution is 7.80. The van der Waals surface area contributed by atoms with Crippen LogP contribution in [0, 0.1) is 6.92 Å². The number of thiocarbonyl (C=S) groups is 1. The largest absolute Gasteiger partial charge is 0.383 e. The summed E-state index contributed by atoms with van der Waals surface area (Å²) in [5.41, 5.74) is 1.19. The van der Waals surface area contributed by atoms with Crippen LogP contribution in [0.2, 0.25) is 0 Å². The smallest absolute Gasteiger partial charge is 0.166 e. The molecule has 6 heteroatoms. The summed E-state index contributed by atoms with van der Waals surface area (Å²) < 4.78 is 6.91. The van der Waals surface area contributed by atoms with Gasteiger partial charge in [-0.2, -0.15) is 5.10 Å². The number of rotatable bonds is 7. The molecule has 0 atom stereocenters. The molecule has 0 unspecified atom stereocenters. The van der Waals surface area contributed by atoms with Crippen LogP contribution in [-0.4, -0.2) is 41.7 Å². The van der Waals surface area contributed by atoms with Crippen LogP contribution in [0.4, 0.5) is 0 Å². The van der Waals surface area contributed by atoms with Crippen molar-refractivity contribution < 1.29 is 4.74 Å². The number of nitrogens with zero attached hydrogens (tertiary/aromatic N) is 2. The Kier molecular flexibility index (Phi) is 6.57. The lowest BCUT2D eigenvalue weighted by atomic mass is 10.4. The summed E-state index contributed by atoms with van der Waals surface area (Å²) >= 11 is 5.11. The fourth-order valence-corrected chi connectivity index (χ4v) is 1.60. The van der Waals surface area contributed by atoms with E-state index in [-0.39, 0.29) is 0 Å². The van der Waals surface area contributed by atoms with E-state index in [4.69, 9.17) is 17.0 Å². The Bertz CT molecular complexity index is 340. The molecule has 1 aromatic rings. The van der Waals surface area contributed by atoms with Crippen LogP contribution in [0.1, 0.15) is 12.1 Å². The van der Waals surface area contributed by atoms with E-state index < -0.39 is 0 Å². The third kappa shape index (κ3) is 5.65. The number of nitrogens with one attached hydrogen (secondary N) is 2. The van der Waals surface area contributed by atoms with Gasteiger partial charge < -0.3 is 15.4 Å². The normalized spacial score (nSPS) is 10.2. The number of aromatic nitrogens is 2. The Morgan fingerprint density at radius 3 is 2.88 bits per heavy atom. The fraction of sp³-hybridized carbons (Fsp3) is 0.636. The number of ether oxygens (including phenoxy) is 1. The maximum absolute atomic E-state index is 5.11. The monoisotopic (exact) mass is 256 g/mol. The first-order chi connectivity index (χ1) is 8.24. The maximum Gasteiger partial charge on any atom is 0.166 e. The van der Waals surface area contributed by atoms with Gasteiger partial charge in [-0.05, 0) is 31.6 Å². The third-order valence-corrected chi connectivity index (χ3v) is 2.64. The molecule has 0 amide bonds. The molecule has 0 spiro atoms. The molecule has 2 N–H and O–H groups in total. The highest BCUT2D eigenvalue weighted by atomic mass is 32.1. The van der Waals surface area contributed by atoms with Crippen LogP contribution in [0.3, 0.4) is 0 Å². The lowest BCUT2D eigenvalue weighted by molar-refractivity contribution is 0.204. The molecule has 0 saturated heterocycles. The zero-order valence-electron chi connectivity index (χ0n) is 10.4. The molecule has 0 aliphatic heterocycles. The fourth-order valence-electron chi connectivity index (χ4n) is 1.39. The lowest BCUT2D eigenvalue weighted by Gasteiger charge is -2.10. The molecule has 0 saturated carbocycles. The minimum atomic E-state index is 0.661. The van der Waals surface area contributed by atoms with Crippen molar-refractivity contribution in [2.24, 2.45) is 0 Å². The number of hydrogen-bond acceptors (Lipinski definition) is 3. The van der Waals surface area contributed by atoms with E-state index in [1.165, 1.54) is 5.69 Å². The molecular formula is C11H20N4OS. The quantitative estimate of drug-likeness (QED) is 0.555. The maximum atomic E-state index is 5.11. The molecular weight excluding hydrogens is 236 g/mol. The standard InChI is InChI=1S/C11H20N4OS/c1-10-4-6-14-15(10)8-3-5-12-11(17)13-7-9-16-2/h4,6H,3,5,7-9H2,1-2H3,(H2,12,13,17). The summed E-state index contributed by atoms with van der Waals surface area (Å²) in [7, 11) is 1.67. The van der Waals surface area contributed by atoms with Crippen LogP contribution in [0.25, 0.3) is 0 Å². The van der Waals surface area contributed by atoms with Gasteiger partial charge in [0.1, 0.15) is 0 Å². The highest BCUT2D eigenvalue weighted by Gasteiger charge is 1.97. The van der Waals surface area contributed by atoms with Gasteiger partial charge in [0.15, 0.2) is 5.11 Å². The van der Waals surface area contributed by atoms with Crippen LogP contribution in [0.15, 0.2) is 12.3 Å². The summed E-state index contributed by atoms with van der Waals surface area (Å²) in [5.74, 6) is 0. The average molecular weight is 256 g/mol. The number of methoxy groups -OCH3 is 1. The first kappa shape index (κ1) is 13.9. The first-order valence-corrected chi connectivity index (χ1v) is 6.14. The second-order valence-electron chi connectivity index (χ2n) is 3.72. The van der Waals surface area contributed by atoms with Gasteiger partial charge in [0.2, 0.25) is 0 Å². The molecule has 17 heavy (non-hydrogen) atoms. The Morgan fingerprint density at radius 2 is 2.24 bits per heavy atom. The zero-order valence-corrected chi connectivity index (χ0v) is 11.2. The Hall–Kier alpha value is -1.14. The minimum Gasteiger partial charge on any atom is -0.383 e. The molecule has 1 heterocycles. The van der Waals surface area contributed by atoms with Crippen molar-refractivity contribution in [2.45, 2.75) is 19.9 Å². The van der Waals surface area contributed by atoms with E-state index in [1.54, 1.807) is 7.11 Å². The summed E-state index contributed by atoms with van der Waals surface area (Å²) in [6, 6.07) is 2.00. The molecule has 0 bridgehead atoms. The summed E-state index contributed by atoms with van der Waals surface area (Å²) in [6.07, 6.45) is 2.81. The van der Waals surface area contributed by atoms with Crippen molar-refractivity contribution >= 4 is 17.3 Å². The van der Waals surface area contributed by atoms with Gasteiger partial charge in [0, 0.05) is 38.6 Å². The number of aryl methyl sites for hydroxylation is 2. The van der Waals surface area contributed by atoms with Gasteiger partial charge in [-0.1, -0.05) is 0 Å². The molecule has 0 aromatic carbocycles. The topological polar surface area (TPSA) is 51.1 Å². The van der Waals surface area contributed by atoms with E-state index in [1.807, 2.05) is 16.9 Å². The highest BCUT2D eigenvalue weighted by Crippen LogP contribution is 1.96. The van der Waals surface area contributed by atoms with Crippen molar-refractivity contribution in [3.8, 4) is 0 Å².